The van der Waals surface area contributed by atoms with Crippen LogP contribution >= 0.6 is 23.1 Å². The standard InChI is InChI=1S/C22H27N5O7S2/c1-6-7-11-8-35-18-14(25-16(28)13(26-32-5)12-9-36-21(23)24-12)17(29)27(18)15(11)19(30)33-10-34-20(31)22(2,3)4/h6-7,9,14,18H,8,10H2,1-5H3,(H2,23,24)(H,25,28)/b7-6-,26-13+/t14?,18-/m1/s1. The van der Waals surface area contributed by atoms with Crippen molar-refractivity contribution in [3.8, 4) is 0 Å². The van der Waals surface area contributed by atoms with Crippen LogP contribution in [0.25, 0.3) is 0 Å². The fourth-order valence-corrected chi connectivity index (χ4v) is 5.15. The number of thioether (sulfide) groups is 1. The SMILES string of the molecule is C/C=C\C1=C(C(=O)OCOC(=O)C(C)(C)C)N2C(=O)C(NC(=O)/C(=N/OC)c3csc(N)n3)[C@H]2SC1. The molecule has 0 aliphatic carbocycles. The molecule has 1 fully saturated rings. The fraction of sp³-hybridized carbons (Fsp3) is 0.455. The number of oxime groups is 1. The quantitative estimate of drug-likeness (QED) is 0.163. The van der Waals surface area contributed by atoms with Crippen LogP contribution in [0.2, 0.25) is 0 Å². The van der Waals surface area contributed by atoms with Gasteiger partial charge in [-0.25, -0.2) is 9.78 Å². The molecule has 1 unspecified atom stereocenters. The highest BCUT2D eigenvalue weighted by atomic mass is 32.2. The number of hydrogen-bond acceptors (Lipinski definition) is 12. The Balaban J connectivity index is 1.74. The normalized spacial score (nSPS) is 20.1. The Morgan fingerprint density at radius 3 is 2.64 bits per heavy atom. The predicted molar refractivity (Wildman–Crippen MR) is 133 cm³/mol. The van der Waals surface area contributed by atoms with Gasteiger partial charge in [0.15, 0.2) is 10.8 Å². The molecule has 3 N–H and O–H groups in total. The number of carbonyl (C=O) groups excluding carboxylic acids is 4. The number of allylic oxidation sites excluding steroid dienone is 2. The molecule has 3 rings (SSSR count). The van der Waals surface area contributed by atoms with Gasteiger partial charge in [0, 0.05) is 11.1 Å². The number of anilines is 1. The molecule has 2 amide bonds. The largest absolute Gasteiger partial charge is 0.427 e. The minimum atomic E-state index is -0.922. The van der Waals surface area contributed by atoms with E-state index in [-0.39, 0.29) is 22.2 Å². The number of thiazole rings is 1. The van der Waals surface area contributed by atoms with Crippen LogP contribution in [-0.4, -0.2) is 70.4 Å². The van der Waals surface area contributed by atoms with Crippen molar-refractivity contribution < 1.29 is 33.5 Å². The summed E-state index contributed by atoms with van der Waals surface area (Å²) in [5.41, 5.74) is 5.57. The zero-order chi connectivity index (χ0) is 26.6. The van der Waals surface area contributed by atoms with Crippen LogP contribution in [0.15, 0.2) is 34.0 Å². The van der Waals surface area contributed by atoms with Crippen molar-refractivity contribution in [2.24, 2.45) is 10.6 Å². The molecule has 2 atom stereocenters. The Morgan fingerprint density at radius 1 is 1.33 bits per heavy atom. The first-order valence-electron chi connectivity index (χ1n) is 10.8. The average Bonchev–Trinajstić information content (AvgIpc) is 3.25. The van der Waals surface area contributed by atoms with Gasteiger partial charge in [0.05, 0.1) is 5.41 Å². The van der Waals surface area contributed by atoms with Crippen molar-refractivity contribution in [3.05, 3.63) is 34.5 Å². The van der Waals surface area contributed by atoms with Crippen molar-refractivity contribution >= 4 is 57.7 Å². The maximum absolute atomic E-state index is 13.1. The summed E-state index contributed by atoms with van der Waals surface area (Å²) < 4.78 is 10.2. The molecule has 0 saturated carbocycles. The molecular weight excluding hydrogens is 510 g/mol. The van der Waals surface area contributed by atoms with Gasteiger partial charge in [-0.1, -0.05) is 17.3 Å². The second kappa shape index (κ2) is 11.1. The highest BCUT2D eigenvalue weighted by Gasteiger charge is 2.54. The number of carbonyl (C=O) groups is 4. The zero-order valence-electron chi connectivity index (χ0n) is 20.4. The van der Waals surface area contributed by atoms with Crippen molar-refractivity contribution in [2.45, 2.75) is 39.1 Å². The average molecular weight is 538 g/mol. The molecule has 12 nitrogen and oxygen atoms in total. The summed E-state index contributed by atoms with van der Waals surface area (Å²) in [5.74, 6) is -2.14. The molecule has 36 heavy (non-hydrogen) atoms. The highest BCUT2D eigenvalue weighted by Crippen LogP contribution is 2.41. The third kappa shape index (κ3) is 5.70. The first-order valence-corrected chi connectivity index (χ1v) is 12.7. The Morgan fingerprint density at radius 2 is 2.06 bits per heavy atom. The van der Waals surface area contributed by atoms with E-state index in [2.05, 4.69) is 15.5 Å². The molecule has 2 aliphatic rings. The minimum Gasteiger partial charge on any atom is -0.427 e. The number of nitrogen functional groups attached to an aromatic ring is 1. The second-order valence-corrected chi connectivity index (χ2v) is 10.7. The highest BCUT2D eigenvalue weighted by molar-refractivity contribution is 8.00. The fourth-order valence-electron chi connectivity index (χ4n) is 3.28. The number of amides is 2. The van der Waals surface area contributed by atoms with Crippen molar-refractivity contribution in [3.63, 3.8) is 0 Å². The third-order valence-electron chi connectivity index (χ3n) is 5.00. The van der Waals surface area contributed by atoms with E-state index < -0.39 is 47.4 Å². The summed E-state index contributed by atoms with van der Waals surface area (Å²) in [6.45, 7) is 6.21. The van der Waals surface area contributed by atoms with Gasteiger partial charge in [0.25, 0.3) is 11.8 Å². The van der Waals surface area contributed by atoms with Crippen LogP contribution in [0.4, 0.5) is 5.13 Å². The van der Waals surface area contributed by atoms with E-state index in [0.717, 1.165) is 11.3 Å². The third-order valence-corrected chi connectivity index (χ3v) is 6.98. The van der Waals surface area contributed by atoms with E-state index in [4.69, 9.17) is 20.0 Å². The summed E-state index contributed by atoms with van der Waals surface area (Å²) >= 11 is 2.50. The number of ether oxygens (including phenoxy) is 2. The Bertz CT molecular complexity index is 1150. The van der Waals surface area contributed by atoms with E-state index in [9.17, 15) is 19.2 Å². The van der Waals surface area contributed by atoms with E-state index in [1.165, 1.54) is 23.8 Å². The summed E-state index contributed by atoms with van der Waals surface area (Å²) in [7, 11) is 1.28. The van der Waals surface area contributed by atoms with E-state index in [0.29, 0.717) is 11.3 Å². The molecule has 1 saturated heterocycles. The van der Waals surface area contributed by atoms with Crippen LogP contribution in [0.5, 0.6) is 0 Å². The van der Waals surface area contributed by atoms with Gasteiger partial charge in [-0.3, -0.25) is 19.3 Å². The van der Waals surface area contributed by atoms with Crippen LogP contribution < -0.4 is 11.1 Å². The van der Waals surface area contributed by atoms with Crippen molar-refractivity contribution in [1.82, 2.24) is 15.2 Å². The molecule has 14 heteroatoms. The topological polar surface area (TPSA) is 163 Å². The molecule has 0 bridgehead atoms. The van der Waals surface area contributed by atoms with Gasteiger partial charge in [0.2, 0.25) is 6.79 Å². The molecule has 2 aliphatic heterocycles. The van der Waals surface area contributed by atoms with Crippen LogP contribution in [0.1, 0.15) is 33.4 Å². The lowest BCUT2D eigenvalue weighted by atomic mass is 9.98. The first-order chi connectivity index (χ1) is 17.0. The summed E-state index contributed by atoms with van der Waals surface area (Å²) in [5, 5.41) is 7.59. The number of β-lactam (4-membered cyclic amide) rings is 1. The zero-order valence-corrected chi connectivity index (χ0v) is 22.0. The summed E-state index contributed by atoms with van der Waals surface area (Å²) in [4.78, 5) is 60.9. The summed E-state index contributed by atoms with van der Waals surface area (Å²) in [6, 6.07) is -0.922. The van der Waals surface area contributed by atoms with Gasteiger partial charge < -0.3 is 25.4 Å². The Kier molecular flexibility index (Phi) is 8.40. The molecular formula is C22H27N5O7S2. The van der Waals surface area contributed by atoms with Gasteiger partial charge in [-0.05, 0) is 33.3 Å². The van der Waals surface area contributed by atoms with Gasteiger partial charge in [0.1, 0.15) is 29.9 Å². The summed E-state index contributed by atoms with van der Waals surface area (Å²) in [6.07, 6.45) is 3.44. The van der Waals surface area contributed by atoms with Gasteiger partial charge >= 0.3 is 11.9 Å². The maximum Gasteiger partial charge on any atom is 0.358 e. The molecule has 0 radical (unpaired) electrons. The molecule has 0 spiro atoms. The Labute approximate surface area is 215 Å². The lowest BCUT2D eigenvalue weighted by molar-refractivity contribution is -0.173. The number of hydrogen-bond donors (Lipinski definition) is 2. The number of nitrogens with one attached hydrogen (secondary N) is 1. The lowest BCUT2D eigenvalue weighted by Crippen LogP contribution is -2.71. The van der Waals surface area contributed by atoms with Crippen LogP contribution in [0, 0.1) is 5.41 Å². The van der Waals surface area contributed by atoms with E-state index >= 15 is 0 Å². The number of nitrogens with zero attached hydrogens (tertiary/aromatic N) is 3. The number of nitrogens with two attached hydrogens (primary N) is 1. The smallest absolute Gasteiger partial charge is 0.358 e. The number of aromatic nitrogens is 1. The van der Waals surface area contributed by atoms with E-state index in [1.54, 1.807) is 45.2 Å². The van der Waals surface area contributed by atoms with Gasteiger partial charge in [-0.15, -0.1) is 23.1 Å². The first kappa shape index (κ1) is 27.2. The number of rotatable bonds is 8. The predicted octanol–water partition coefficient (Wildman–Crippen LogP) is 1.40. The molecule has 194 valence electrons. The molecule has 1 aromatic rings. The second-order valence-electron chi connectivity index (χ2n) is 8.66. The molecule has 0 aromatic carbocycles. The molecule has 1 aromatic heterocycles. The van der Waals surface area contributed by atoms with Crippen molar-refractivity contribution in [2.75, 3.05) is 25.4 Å². The number of esters is 2. The Hall–Kier alpha value is -3.39. The van der Waals surface area contributed by atoms with Crippen LogP contribution in [-0.2, 0) is 33.5 Å². The molecule has 3 heterocycles. The number of fused-ring (bicyclic) bond motifs is 1. The minimum absolute atomic E-state index is 0.0391. The monoisotopic (exact) mass is 537 g/mol. The lowest BCUT2D eigenvalue weighted by Gasteiger charge is -2.49. The van der Waals surface area contributed by atoms with Crippen molar-refractivity contribution in [1.29, 1.82) is 0 Å². The van der Waals surface area contributed by atoms with Crippen LogP contribution in [0.3, 0.4) is 0 Å². The van der Waals surface area contributed by atoms with E-state index in [1.807, 2.05) is 0 Å². The van der Waals surface area contributed by atoms with Gasteiger partial charge in [-0.2, -0.15) is 0 Å². The maximum atomic E-state index is 13.1.